The van der Waals surface area contributed by atoms with Gasteiger partial charge in [0.2, 0.25) is 0 Å². The van der Waals surface area contributed by atoms with Crippen molar-refractivity contribution >= 4 is 40.0 Å². The summed E-state index contributed by atoms with van der Waals surface area (Å²) in [5.41, 5.74) is 3.06. The number of aromatic amines is 1. The van der Waals surface area contributed by atoms with Crippen LogP contribution >= 0.6 is 0 Å². The Labute approximate surface area is 144 Å². The lowest BCUT2D eigenvalue weighted by Crippen LogP contribution is -2.27. The van der Waals surface area contributed by atoms with Crippen LogP contribution in [0.5, 0.6) is 0 Å². The summed E-state index contributed by atoms with van der Waals surface area (Å²) < 4.78 is 0. The van der Waals surface area contributed by atoms with Gasteiger partial charge in [-0.05, 0) is 36.4 Å². The van der Waals surface area contributed by atoms with Gasteiger partial charge in [-0.1, -0.05) is 12.1 Å². The Hall–Kier alpha value is -3.48. The smallest absolute Gasteiger partial charge is 0.323 e. The lowest BCUT2D eigenvalue weighted by atomic mass is 10.2. The van der Waals surface area contributed by atoms with Crippen LogP contribution < -0.4 is 20.9 Å². The van der Waals surface area contributed by atoms with Crippen LogP contribution in [-0.4, -0.2) is 30.1 Å². The van der Waals surface area contributed by atoms with Crippen molar-refractivity contribution in [3.63, 3.8) is 0 Å². The number of carbonyl (C=O) groups is 2. The van der Waals surface area contributed by atoms with Gasteiger partial charge >= 0.3 is 12.1 Å². The van der Waals surface area contributed by atoms with Crippen LogP contribution in [0.2, 0.25) is 0 Å². The zero-order chi connectivity index (χ0) is 17.2. The summed E-state index contributed by atoms with van der Waals surface area (Å²) in [6.45, 7) is 1.24. The average Bonchev–Trinajstić information content (AvgIpc) is 3.24. The molecule has 25 heavy (non-hydrogen) atoms. The maximum Gasteiger partial charge on any atom is 0.323 e. The number of hydrogen-bond acceptors (Lipinski definition) is 2. The summed E-state index contributed by atoms with van der Waals surface area (Å²) in [7, 11) is 0. The molecule has 0 radical (unpaired) electrons. The van der Waals surface area contributed by atoms with Gasteiger partial charge in [0, 0.05) is 41.6 Å². The van der Waals surface area contributed by atoms with Gasteiger partial charge in [0.05, 0.1) is 5.69 Å². The summed E-state index contributed by atoms with van der Waals surface area (Å²) in [4.78, 5) is 28.8. The monoisotopic (exact) mass is 335 g/mol. The predicted molar refractivity (Wildman–Crippen MR) is 98.1 cm³/mol. The van der Waals surface area contributed by atoms with E-state index in [1.807, 2.05) is 42.6 Å². The Kier molecular flexibility index (Phi) is 3.74. The summed E-state index contributed by atoms with van der Waals surface area (Å²) >= 11 is 0. The summed E-state index contributed by atoms with van der Waals surface area (Å²) in [6.07, 6.45) is 1.83. The van der Waals surface area contributed by atoms with Gasteiger partial charge in [-0.25, -0.2) is 9.59 Å². The van der Waals surface area contributed by atoms with Gasteiger partial charge in [0.1, 0.15) is 0 Å². The zero-order valence-corrected chi connectivity index (χ0v) is 13.4. The SMILES string of the molecule is O=C(Nc1cccc(N2CCNC2=O)c1)Nc1cccc2[nH]ccc12. The number of carbonyl (C=O) groups excluding carboxylic acids is 2. The Bertz CT molecular complexity index is 949. The van der Waals surface area contributed by atoms with Crippen molar-refractivity contribution in [3.05, 3.63) is 54.7 Å². The Morgan fingerprint density at radius 3 is 2.80 bits per heavy atom. The van der Waals surface area contributed by atoms with Gasteiger partial charge in [0.15, 0.2) is 0 Å². The van der Waals surface area contributed by atoms with E-state index in [4.69, 9.17) is 0 Å². The van der Waals surface area contributed by atoms with Crippen LogP contribution in [0.3, 0.4) is 0 Å². The number of nitrogens with zero attached hydrogens (tertiary/aromatic N) is 1. The molecule has 1 aromatic heterocycles. The fourth-order valence-corrected chi connectivity index (χ4v) is 2.95. The Morgan fingerprint density at radius 1 is 1.08 bits per heavy atom. The number of amides is 4. The molecule has 1 fully saturated rings. The molecule has 1 saturated heterocycles. The van der Waals surface area contributed by atoms with Crippen molar-refractivity contribution in [3.8, 4) is 0 Å². The van der Waals surface area contributed by atoms with Crippen molar-refractivity contribution in [2.24, 2.45) is 0 Å². The first kappa shape index (κ1) is 15.1. The molecule has 4 rings (SSSR count). The number of fused-ring (bicyclic) bond motifs is 1. The zero-order valence-electron chi connectivity index (χ0n) is 13.4. The normalized spacial score (nSPS) is 13.8. The van der Waals surface area contributed by atoms with E-state index in [2.05, 4.69) is 20.9 Å². The number of urea groups is 2. The second-order valence-electron chi connectivity index (χ2n) is 5.76. The van der Waals surface area contributed by atoms with Crippen LogP contribution in [0.15, 0.2) is 54.7 Å². The minimum Gasteiger partial charge on any atom is -0.361 e. The van der Waals surface area contributed by atoms with Gasteiger partial charge in [-0.15, -0.1) is 0 Å². The highest BCUT2D eigenvalue weighted by atomic mass is 16.2. The van der Waals surface area contributed by atoms with Gasteiger partial charge < -0.3 is 20.9 Å². The highest BCUT2D eigenvalue weighted by Gasteiger charge is 2.21. The number of H-pyrrole nitrogens is 1. The fraction of sp³-hybridized carbons (Fsp3) is 0.111. The third kappa shape index (κ3) is 2.99. The van der Waals surface area contributed by atoms with Crippen molar-refractivity contribution in [1.82, 2.24) is 10.3 Å². The number of aromatic nitrogens is 1. The van der Waals surface area contributed by atoms with Crippen molar-refractivity contribution in [2.45, 2.75) is 0 Å². The number of nitrogens with one attached hydrogen (secondary N) is 4. The third-order valence-corrected chi connectivity index (χ3v) is 4.12. The number of anilines is 3. The number of hydrogen-bond donors (Lipinski definition) is 4. The van der Waals surface area contributed by atoms with Crippen molar-refractivity contribution in [1.29, 1.82) is 0 Å². The molecular formula is C18H17N5O2. The summed E-state index contributed by atoms with van der Waals surface area (Å²) in [5, 5.41) is 9.37. The molecule has 126 valence electrons. The molecule has 0 atom stereocenters. The van der Waals surface area contributed by atoms with E-state index in [-0.39, 0.29) is 12.1 Å². The van der Waals surface area contributed by atoms with Crippen molar-refractivity contribution < 1.29 is 9.59 Å². The molecular weight excluding hydrogens is 318 g/mol. The molecule has 3 aromatic rings. The lowest BCUT2D eigenvalue weighted by molar-refractivity contribution is 0.252. The number of benzene rings is 2. The minimum absolute atomic E-state index is 0.124. The quantitative estimate of drug-likeness (QED) is 0.591. The maximum absolute atomic E-state index is 12.3. The minimum atomic E-state index is -0.336. The van der Waals surface area contributed by atoms with E-state index in [1.54, 1.807) is 17.0 Å². The summed E-state index contributed by atoms with van der Waals surface area (Å²) in [5.74, 6) is 0. The molecule has 0 spiro atoms. The second kappa shape index (κ2) is 6.20. The van der Waals surface area contributed by atoms with E-state index < -0.39 is 0 Å². The van der Waals surface area contributed by atoms with E-state index in [0.717, 1.165) is 22.3 Å². The third-order valence-electron chi connectivity index (χ3n) is 4.12. The number of rotatable bonds is 3. The predicted octanol–water partition coefficient (Wildman–Crippen LogP) is 3.34. The fourth-order valence-electron chi connectivity index (χ4n) is 2.95. The first-order valence-corrected chi connectivity index (χ1v) is 8.00. The molecule has 4 N–H and O–H groups in total. The molecule has 1 aliphatic rings. The molecule has 0 bridgehead atoms. The van der Waals surface area contributed by atoms with Gasteiger partial charge in [-0.3, -0.25) is 4.90 Å². The maximum atomic E-state index is 12.3. The first-order valence-electron chi connectivity index (χ1n) is 8.00. The second-order valence-corrected chi connectivity index (χ2v) is 5.76. The molecule has 0 saturated carbocycles. The highest BCUT2D eigenvalue weighted by Crippen LogP contribution is 2.23. The summed E-state index contributed by atoms with van der Waals surface area (Å²) in [6, 6.07) is 14.3. The van der Waals surface area contributed by atoms with Crippen molar-refractivity contribution in [2.75, 3.05) is 28.6 Å². The molecule has 1 aliphatic heterocycles. The molecule has 0 aliphatic carbocycles. The standard InChI is InChI=1S/C18H17N5O2/c24-17(22-16-6-2-5-15-14(16)7-8-19-15)21-12-3-1-4-13(11-12)23-10-9-20-18(23)25/h1-8,11,19H,9-10H2,(H,20,25)(H2,21,22,24). The Morgan fingerprint density at radius 2 is 1.96 bits per heavy atom. The van der Waals surface area contributed by atoms with Gasteiger partial charge in [0.25, 0.3) is 0 Å². The van der Waals surface area contributed by atoms with E-state index in [9.17, 15) is 9.59 Å². The molecule has 0 unspecified atom stereocenters. The molecule has 7 heteroatoms. The molecule has 4 amide bonds. The van der Waals surface area contributed by atoms with E-state index >= 15 is 0 Å². The Balaban J connectivity index is 1.49. The molecule has 7 nitrogen and oxygen atoms in total. The van der Waals surface area contributed by atoms with Crippen LogP contribution in [0.4, 0.5) is 26.7 Å². The van der Waals surface area contributed by atoms with Crippen LogP contribution in [0.25, 0.3) is 10.9 Å². The molecule has 2 heterocycles. The highest BCUT2D eigenvalue weighted by molar-refractivity contribution is 6.06. The van der Waals surface area contributed by atoms with Crippen LogP contribution in [-0.2, 0) is 0 Å². The van der Waals surface area contributed by atoms with Gasteiger partial charge in [-0.2, -0.15) is 0 Å². The first-order chi connectivity index (χ1) is 12.2. The molecule has 2 aromatic carbocycles. The average molecular weight is 335 g/mol. The largest absolute Gasteiger partial charge is 0.361 e. The van der Waals surface area contributed by atoms with Crippen LogP contribution in [0.1, 0.15) is 0 Å². The topological polar surface area (TPSA) is 89.3 Å². The van der Waals surface area contributed by atoms with E-state index in [0.29, 0.717) is 18.8 Å². The van der Waals surface area contributed by atoms with Crippen LogP contribution in [0, 0.1) is 0 Å². The lowest BCUT2D eigenvalue weighted by Gasteiger charge is -2.15. The van der Waals surface area contributed by atoms with E-state index in [1.165, 1.54) is 0 Å².